The van der Waals surface area contributed by atoms with E-state index in [4.69, 9.17) is 16.3 Å². The molecule has 1 saturated heterocycles. The molecule has 0 radical (unpaired) electrons. The Hall–Kier alpha value is -0.770. The van der Waals surface area contributed by atoms with Crippen LogP contribution in [0.4, 0.5) is 0 Å². The molecule has 1 heterocycles. The van der Waals surface area contributed by atoms with E-state index in [1.807, 2.05) is 6.92 Å². The highest BCUT2D eigenvalue weighted by Crippen LogP contribution is 2.28. The number of hydrogen-bond donors (Lipinski definition) is 1. The van der Waals surface area contributed by atoms with Crippen LogP contribution in [0.2, 0.25) is 5.02 Å². The third-order valence-electron chi connectivity index (χ3n) is 3.61. The van der Waals surface area contributed by atoms with E-state index in [-0.39, 0.29) is 6.10 Å². The van der Waals surface area contributed by atoms with Crippen molar-refractivity contribution in [3.8, 4) is 5.75 Å². The van der Waals surface area contributed by atoms with Crippen LogP contribution in [0, 0.1) is 6.92 Å². The second kappa shape index (κ2) is 7.30. The van der Waals surface area contributed by atoms with Crippen LogP contribution in [0.15, 0.2) is 12.1 Å². The molecule has 0 aliphatic carbocycles. The molecule has 0 unspecified atom stereocenters. The Morgan fingerprint density at radius 2 is 2.00 bits per heavy atom. The Morgan fingerprint density at radius 3 is 2.65 bits per heavy atom. The van der Waals surface area contributed by atoms with E-state index < -0.39 is 0 Å². The molecule has 0 saturated carbocycles. The van der Waals surface area contributed by atoms with E-state index in [2.05, 4.69) is 36.2 Å². The molecule has 4 heteroatoms. The van der Waals surface area contributed by atoms with Crippen molar-refractivity contribution in [2.45, 2.75) is 33.3 Å². The van der Waals surface area contributed by atoms with Crippen LogP contribution >= 0.6 is 11.6 Å². The monoisotopic (exact) mass is 296 g/mol. The number of nitrogens with one attached hydrogen (secondary N) is 1. The molecule has 1 fully saturated rings. The first kappa shape index (κ1) is 15.6. The van der Waals surface area contributed by atoms with Gasteiger partial charge in [-0.2, -0.15) is 0 Å². The highest BCUT2D eigenvalue weighted by atomic mass is 35.5. The first-order chi connectivity index (χ1) is 9.56. The fourth-order valence-electron chi connectivity index (χ4n) is 2.47. The predicted molar refractivity (Wildman–Crippen MR) is 85.0 cm³/mol. The molecule has 1 N–H and O–H groups in total. The Kier molecular flexibility index (Phi) is 5.70. The Morgan fingerprint density at radius 1 is 1.30 bits per heavy atom. The van der Waals surface area contributed by atoms with Gasteiger partial charge in [-0.1, -0.05) is 11.6 Å². The maximum Gasteiger partial charge on any atom is 0.123 e. The summed E-state index contributed by atoms with van der Waals surface area (Å²) in [6, 6.07) is 4.13. The molecule has 1 aliphatic rings. The van der Waals surface area contributed by atoms with Crippen LogP contribution in [0.1, 0.15) is 25.0 Å². The lowest BCUT2D eigenvalue weighted by Gasteiger charge is -2.27. The predicted octanol–water partition coefficient (Wildman–Crippen LogP) is 2.88. The van der Waals surface area contributed by atoms with Crippen molar-refractivity contribution in [3.05, 3.63) is 28.3 Å². The lowest BCUT2D eigenvalue weighted by Crippen LogP contribution is -2.44. The van der Waals surface area contributed by atoms with Crippen molar-refractivity contribution in [3.63, 3.8) is 0 Å². The average molecular weight is 297 g/mol. The van der Waals surface area contributed by atoms with Gasteiger partial charge in [0.2, 0.25) is 0 Å². The maximum atomic E-state index is 6.26. The second-order valence-corrected chi connectivity index (χ2v) is 6.12. The topological polar surface area (TPSA) is 24.5 Å². The largest absolute Gasteiger partial charge is 0.491 e. The summed E-state index contributed by atoms with van der Waals surface area (Å²) in [6.45, 7) is 11.6. The molecule has 1 aliphatic heterocycles. The average Bonchev–Trinajstić information content (AvgIpc) is 2.42. The fourth-order valence-corrected chi connectivity index (χ4v) is 2.65. The van der Waals surface area contributed by atoms with E-state index in [0.29, 0.717) is 0 Å². The molecular formula is C16H25ClN2O. The Bertz CT molecular complexity index is 442. The molecule has 0 bridgehead atoms. The first-order valence-electron chi connectivity index (χ1n) is 7.45. The van der Waals surface area contributed by atoms with Gasteiger partial charge in [0.15, 0.2) is 0 Å². The van der Waals surface area contributed by atoms with Crippen LogP contribution in [-0.2, 0) is 6.42 Å². The fraction of sp³-hybridized carbons (Fsp3) is 0.625. The number of benzene rings is 1. The molecule has 1 aromatic rings. The zero-order chi connectivity index (χ0) is 14.5. The highest BCUT2D eigenvalue weighted by molar-refractivity contribution is 6.31. The molecule has 2 rings (SSSR count). The third-order valence-corrected chi connectivity index (χ3v) is 4.02. The van der Waals surface area contributed by atoms with E-state index in [0.717, 1.165) is 55.5 Å². The van der Waals surface area contributed by atoms with Crippen molar-refractivity contribution in [1.29, 1.82) is 0 Å². The molecule has 0 amide bonds. The standard InChI is InChI=1S/C16H25ClN2O/c1-12(2)20-16-10-13(3)15(17)11-14(16)4-7-19-8-5-18-6-9-19/h10-12,18H,4-9H2,1-3H3. The van der Waals surface area contributed by atoms with Crippen LogP contribution in [0.3, 0.4) is 0 Å². The SMILES string of the molecule is Cc1cc(OC(C)C)c(CCN2CCNCC2)cc1Cl. The number of aryl methyl sites for hydroxylation is 1. The molecule has 0 spiro atoms. The Balaban J connectivity index is 2.06. The van der Waals surface area contributed by atoms with E-state index in [9.17, 15) is 0 Å². The van der Waals surface area contributed by atoms with Gasteiger partial charge in [-0.3, -0.25) is 0 Å². The van der Waals surface area contributed by atoms with E-state index >= 15 is 0 Å². The number of piperazine rings is 1. The number of hydrogen-bond acceptors (Lipinski definition) is 3. The Labute approximate surface area is 127 Å². The highest BCUT2D eigenvalue weighted by Gasteiger charge is 2.13. The lowest BCUT2D eigenvalue weighted by molar-refractivity contribution is 0.230. The van der Waals surface area contributed by atoms with Crippen LogP contribution in [0.5, 0.6) is 5.75 Å². The number of halogens is 1. The third kappa shape index (κ3) is 4.37. The first-order valence-corrected chi connectivity index (χ1v) is 7.83. The van der Waals surface area contributed by atoms with Gasteiger partial charge in [0.25, 0.3) is 0 Å². The van der Waals surface area contributed by atoms with Crippen LogP contribution in [0.25, 0.3) is 0 Å². The second-order valence-electron chi connectivity index (χ2n) is 5.72. The zero-order valence-corrected chi connectivity index (χ0v) is 13.5. The summed E-state index contributed by atoms with van der Waals surface area (Å²) in [5, 5.41) is 4.21. The van der Waals surface area contributed by atoms with Gasteiger partial charge in [0.1, 0.15) is 5.75 Å². The van der Waals surface area contributed by atoms with E-state index in [1.54, 1.807) is 0 Å². The summed E-state index contributed by atoms with van der Waals surface area (Å²) in [7, 11) is 0. The van der Waals surface area contributed by atoms with Gasteiger partial charge in [-0.25, -0.2) is 0 Å². The molecule has 0 atom stereocenters. The van der Waals surface area contributed by atoms with Crippen LogP contribution in [-0.4, -0.2) is 43.7 Å². The van der Waals surface area contributed by atoms with Crippen molar-refractivity contribution in [2.24, 2.45) is 0 Å². The van der Waals surface area contributed by atoms with Crippen molar-refractivity contribution < 1.29 is 4.74 Å². The summed E-state index contributed by atoms with van der Waals surface area (Å²) >= 11 is 6.26. The summed E-state index contributed by atoms with van der Waals surface area (Å²) in [6.07, 6.45) is 1.18. The molecule has 112 valence electrons. The molecular weight excluding hydrogens is 272 g/mol. The summed E-state index contributed by atoms with van der Waals surface area (Å²) < 4.78 is 5.93. The quantitative estimate of drug-likeness (QED) is 0.904. The van der Waals surface area contributed by atoms with Gasteiger partial charge < -0.3 is 15.0 Å². The van der Waals surface area contributed by atoms with Gasteiger partial charge in [-0.15, -0.1) is 0 Å². The van der Waals surface area contributed by atoms with Crippen molar-refractivity contribution >= 4 is 11.6 Å². The summed E-state index contributed by atoms with van der Waals surface area (Å²) in [5.74, 6) is 0.983. The molecule has 0 aromatic heterocycles. The van der Waals surface area contributed by atoms with Gasteiger partial charge in [0, 0.05) is 37.7 Å². The van der Waals surface area contributed by atoms with Crippen LogP contribution < -0.4 is 10.1 Å². The molecule has 20 heavy (non-hydrogen) atoms. The minimum absolute atomic E-state index is 0.188. The lowest BCUT2D eigenvalue weighted by atomic mass is 10.1. The number of nitrogens with zero attached hydrogens (tertiary/aromatic N) is 1. The van der Waals surface area contributed by atoms with Gasteiger partial charge >= 0.3 is 0 Å². The van der Waals surface area contributed by atoms with E-state index in [1.165, 1.54) is 5.56 Å². The smallest absolute Gasteiger partial charge is 0.123 e. The molecule has 1 aromatic carbocycles. The molecule has 3 nitrogen and oxygen atoms in total. The maximum absolute atomic E-state index is 6.26. The van der Waals surface area contributed by atoms with Crippen molar-refractivity contribution in [1.82, 2.24) is 10.2 Å². The van der Waals surface area contributed by atoms with Crippen molar-refractivity contribution in [2.75, 3.05) is 32.7 Å². The van der Waals surface area contributed by atoms with Gasteiger partial charge in [0.05, 0.1) is 6.10 Å². The normalized spacial score (nSPS) is 16.6. The van der Waals surface area contributed by atoms with Gasteiger partial charge in [-0.05, 0) is 50.5 Å². The summed E-state index contributed by atoms with van der Waals surface area (Å²) in [5.41, 5.74) is 2.29. The number of ether oxygens (including phenoxy) is 1. The summed E-state index contributed by atoms with van der Waals surface area (Å²) in [4.78, 5) is 2.49. The number of rotatable bonds is 5. The minimum Gasteiger partial charge on any atom is -0.491 e. The zero-order valence-electron chi connectivity index (χ0n) is 12.7. The minimum atomic E-state index is 0.188.